The average Bonchev–Trinajstić information content (AvgIpc) is 2.59. The Hall–Kier alpha value is -2.57. The number of halogens is 1. The third-order valence-electron chi connectivity index (χ3n) is 3.75. The number of benzene rings is 2. The minimum absolute atomic E-state index is 0.142. The van der Waals surface area contributed by atoms with Gasteiger partial charge in [0, 0.05) is 10.7 Å². The Balaban J connectivity index is 1.75. The molecule has 0 radical (unpaired) electrons. The summed E-state index contributed by atoms with van der Waals surface area (Å²) in [6, 6.07) is 15.9. The Morgan fingerprint density at radius 2 is 1.77 bits per heavy atom. The second kappa shape index (κ2) is 7.35. The number of aryl methyl sites for hydroxylation is 2. The monoisotopic (exact) mass is 387 g/mol. The van der Waals surface area contributed by atoms with Crippen LogP contribution < -0.4 is 10.0 Å². The first-order valence-electron chi connectivity index (χ1n) is 7.92. The topological polar surface area (TPSA) is 71.1 Å². The fourth-order valence-corrected chi connectivity index (χ4v) is 3.61. The van der Waals surface area contributed by atoms with Crippen LogP contribution in [-0.4, -0.2) is 13.4 Å². The highest BCUT2D eigenvalue weighted by atomic mass is 35.5. The molecule has 0 saturated carbocycles. The lowest BCUT2D eigenvalue weighted by atomic mass is 10.2. The summed E-state index contributed by atoms with van der Waals surface area (Å²) in [5.41, 5.74) is 3.54. The molecule has 0 spiro atoms. The largest absolute Gasteiger partial charge is 0.354 e. The number of rotatable bonds is 5. The second-order valence-electron chi connectivity index (χ2n) is 5.94. The zero-order chi connectivity index (χ0) is 18.7. The number of sulfonamides is 1. The zero-order valence-corrected chi connectivity index (χ0v) is 15.9. The van der Waals surface area contributed by atoms with Gasteiger partial charge >= 0.3 is 0 Å². The van der Waals surface area contributed by atoms with Crippen LogP contribution in [0.15, 0.2) is 65.7 Å². The fourth-order valence-electron chi connectivity index (χ4n) is 2.40. The molecular formula is C19H18ClN3O2S. The molecular weight excluding hydrogens is 370 g/mol. The van der Waals surface area contributed by atoms with Gasteiger partial charge in [0.15, 0.2) is 0 Å². The SMILES string of the molecule is Cc1cccc(Nc2ccc(NS(=O)(=O)c3ccc(Cl)c(C)c3)nc2)c1. The van der Waals surface area contributed by atoms with Gasteiger partial charge in [0.1, 0.15) is 5.82 Å². The Bertz CT molecular complexity index is 1030. The summed E-state index contributed by atoms with van der Waals surface area (Å²) in [5.74, 6) is 0.243. The summed E-state index contributed by atoms with van der Waals surface area (Å²) in [7, 11) is -3.72. The van der Waals surface area contributed by atoms with Gasteiger partial charge in [0.2, 0.25) is 0 Å². The molecule has 3 aromatic rings. The van der Waals surface area contributed by atoms with Crippen LogP contribution >= 0.6 is 11.6 Å². The molecule has 7 heteroatoms. The molecule has 5 nitrogen and oxygen atoms in total. The van der Waals surface area contributed by atoms with Crippen LogP contribution in [-0.2, 0) is 10.0 Å². The van der Waals surface area contributed by atoms with Crippen molar-refractivity contribution in [2.24, 2.45) is 0 Å². The normalized spacial score (nSPS) is 11.2. The first-order valence-corrected chi connectivity index (χ1v) is 9.78. The van der Waals surface area contributed by atoms with Gasteiger partial charge < -0.3 is 5.32 Å². The molecule has 2 N–H and O–H groups in total. The summed E-state index contributed by atoms with van der Waals surface area (Å²) in [5, 5.41) is 3.75. The van der Waals surface area contributed by atoms with Gasteiger partial charge in [0.25, 0.3) is 10.0 Å². The van der Waals surface area contributed by atoms with E-state index < -0.39 is 10.0 Å². The smallest absolute Gasteiger partial charge is 0.263 e. The van der Waals surface area contributed by atoms with Crippen molar-refractivity contribution >= 4 is 38.8 Å². The summed E-state index contributed by atoms with van der Waals surface area (Å²) in [6.07, 6.45) is 1.58. The third-order valence-corrected chi connectivity index (χ3v) is 5.53. The highest BCUT2D eigenvalue weighted by Crippen LogP contribution is 2.22. The summed E-state index contributed by atoms with van der Waals surface area (Å²) in [4.78, 5) is 4.31. The predicted molar refractivity (Wildman–Crippen MR) is 106 cm³/mol. The van der Waals surface area contributed by atoms with E-state index >= 15 is 0 Å². The van der Waals surface area contributed by atoms with E-state index in [4.69, 9.17) is 11.6 Å². The predicted octanol–water partition coefficient (Wildman–Crippen LogP) is 4.90. The Labute approximate surface area is 158 Å². The number of nitrogens with zero attached hydrogens (tertiary/aromatic N) is 1. The van der Waals surface area contributed by atoms with E-state index in [2.05, 4.69) is 15.0 Å². The Morgan fingerprint density at radius 1 is 0.962 bits per heavy atom. The number of hydrogen-bond donors (Lipinski definition) is 2. The van der Waals surface area contributed by atoms with Gasteiger partial charge in [0.05, 0.1) is 16.8 Å². The number of anilines is 3. The van der Waals surface area contributed by atoms with Gasteiger partial charge in [-0.05, 0) is 67.4 Å². The van der Waals surface area contributed by atoms with Crippen molar-refractivity contribution in [3.8, 4) is 0 Å². The van der Waals surface area contributed by atoms with E-state index in [9.17, 15) is 8.42 Å². The minimum Gasteiger partial charge on any atom is -0.354 e. The first kappa shape index (κ1) is 18.2. The second-order valence-corrected chi connectivity index (χ2v) is 8.03. The molecule has 0 saturated heterocycles. The molecule has 2 aromatic carbocycles. The number of nitrogens with one attached hydrogen (secondary N) is 2. The van der Waals surface area contributed by atoms with Crippen molar-refractivity contribution in [2.75, 3.05) is 10.0 Å². The molecule has 1 heterocycles. The minimum atomic E-state index is -3.72. The van der Waals surface area contributed by atoms with Crippen LogP contribution in [0.4, 0.5) is 17.2 Å². The van der Waals surface area contributed by atoms with E-state index in [1.54, 1.807) is 31.3 Å². The van der Waals surface area contributed by atoms with Crippen LogP contribution in [0.3, 0.4) is 0 Å². The molecule has 0 aliphatic carbocycles. The van der Waals surface area contributed by atoms with E-state index in [-0.39, 0.29) is 10.7 Å². The molecule has 26 heavy (non-hydrogen) atoms. The molecule has 0 amide bonds. The molecule has 3 rings (SSSR count). The lowest BCUT2D eigenvalue weighted by Crippen LogP contribution is -2.14. The molecule has 0 unspecified atom stereocenters. The maximum atomic E-state index is 12.5. The first-order chi connectivity index (χ1) is 12.3. The van der Waals surface area contributed by atoms with Gasteiger partial charge in [-0.15, -0.1) is 0 Å². The van der Waals surface area contributed by atoms with Crippen molar-refractivity contribution < 1.29 is 8.42 Å². The molecule has 0 fully saturated rings. The molecule has 0 aliphatic rings. The van der Waals surface area contributed by atoms with E-state index in [1.807, 2.05) is 31.2 Å². The quantitative estimate of drug-likeness (QED) is 0.653. The van der Waals surface area contributed by atoms with Gasteiger partial charge in [-0.2, -0.15) is 0 Å². The lowest BCUT2D eigenvalue weighted by Gasteiger charge is -2.10. The average molecular weight is 388 g/mol. The van der Waals surface area contributed by atoms with E-state index in [0.717, 1.165) is 16.9 Å². The standard InChI is InChI=1S/C19H18ClN3O2S/c1-13-4-3-5-15(10-13)22-16-6-9-19(21-12-16)23-26(24,25)17-7-8-18(20)14(2)11-17/h3-12,22H,1-2H3,(H,21,23). The van der Waals surface area contributed by atoms with Crippen molar-refractivity contribution in [3.63, 3.8) is 0 Å². The van der Waals surface area contributed by atoms with Crippen LogP contribution in [0, 0.1) is 13.8 Å². The molecule has 0 aliphatic heterocycles. The van der Waals surface area contributed by atoms with Gasteiger partial charge in [-0.3, -0.25) is 4.72 Å². The van der Waals surface area contributed by atoms with Gasteiger partial charge in [-0.25, -0.2) is 13.4 Å². The lowest BCUT2D eigenvalue weighted by molar-refractivity contribution is 0.601. The van der Waals surface area contributed by atoms with Crippen molar-refractivity contribution in [1.82, 2.24) is 4.98 Å². The van der Waals surface area contributed by atoms with Crippen LogP contribution in [0.25, 0.3) is 0 Å². The van der Waals surface area contributed by atoms with Crippen molar-refractivity contribution in [3.05, 3.63) is 76.9 Å². The summed E-state index contributed by atoms with van der Waals surface area (Å²) in [6.45, 7) is 3.77. The van der Waals surface area contributed by atoms with Crippen LogP contribution in [0.5, 0.6) is 0 Å². The summed E-state index contributed by atoms with van der Waals surface area (Å²) >= 11 is 5.95. The van der Waals surface area contributed by atoms with Crippen LogP contribution in [0.2, 0.25) is 5.02 Å². The molecule has 0 atom stereocenters. The van der Waals surface area contributed by atoms with E-state index in [0.29, 0.717) is 10.6 Å². The molecule has 1 aromatic heterocycles. The Morgan fingerprint density at radius 3 is 2.42 bits per heavy atom. The number of aromatic nitrogens is 1. The third kappa shape index (κ3) is 4.33. The highest BCUT2D eigenvalue weighted by molar-refractivity contribution is 7.92. The maximum Gasteiger partial charge on any atom is 0.263 e. The zero-order valence-electron chi connectivity index (χ0n) is 14.3. The van der Waals surface area contributed by atoms with Crippen LogP contribution in [0.1, 0.15) is 11.1 Å². The maximum absolute atomic E-state index is 12.5. The van der Waals surface area contributed by atoms with Gasteiger partial charge in [-0.1, -0.05) is 23.7 Å². The molecule has 134 valence electrons. The number of pyridine rings is 1. The Kier molecular flexibility index (Phi) is 5.15. The fraction of sp³-hybridized carbons (Fsp3) is 0.105. The molecule has 0 bridgehead atoms. The van der Waals surface area contributed by atoms with Crippen molar-refractivity contribution in [1.29, 1.82) is 0 Å². The number of hydrogen-bond acceptors (Lipinski definition) is 4. The van der Waals surface area contributed by atoms with Crippen molar-refractivity contribution in [2.45, 2.75) is 18.7 Å². The van der Waals surface area contributed by atoms with E-state index in [1.165, 1.54) is 12.1 Å². The summed E-state index contributed by atoms with van der Waals surface area (Å²) < 4.78 is 27.4. The highest BCUT2D eigenvalue weighted by Gasteiger charge is 2.15.